The second-order valence-electron chi connectivity index (χ2n) is 6.39. The Kier molecular flexibility index (Phi) is 6.22. The molecule has 3 N–H and O–H groups in total. The third-order valence-corrected chi connectivity index (χ3v) is 3.78. The van der Waals surface area contributed by atoms with Gasteiger partial charge >= 0.3 is 0 Å². The molecular formula is C21H24N4O2. The molecule has 0 aliphatic heterocycles. The predicted molar refractivity (Wildman–Crippen MR) is 107 cm³/mol. The van der Waals surface area contributed by atoms with Gasteiger partial charge in [-0.25, -0.2) is 4.98 Å². The van der Waals surface area contributed by atoms with Crippen LogP contribution in [0.2, 0.25) is 0 Å². The third kappa shape index (κ3) is 5.69. The number of aliphatic hydroxyl groups is 1. The summed E-state index contributed by atoms with van der Waals surface area (Å²) in [4.78, 5) is 8.68. The van der Waals surface area contributed by atoms with Crippen LogP contribution in [0.1, 0.15) is 25.5 Å². The molecule has 27 heavy (non-hydrogen) atoms. The lowest BCUT2D eigenvalue weighted by atomic mass is 10.1. The molecule has 0 saturated carbocycles. The van der Waals surface area contributed by atoms with Crippen molar-refractivity contribution in [3.8, 4) is 5.75 Å². The molecule has 140 valence electrons. The number of hydrogen-bond donors (Lipinski definition) is 3. The average molecular weight is 364 g/mol. The van der Waals surface area contributed by atoms with Crippen molar-refractivity contribution in [2.45, 2.75) is 26.1 Å². The minimum absolute atomic E-state index is 0.111. The fraction of sp³-hybridized carbons (Fsp3) is 0.238. The first-order valence-electron chi connectivity index (χ1n) is 8.94. The van der Waals surface area contributed by atoms with Crippen molar-refractivity contribution in [1.82, 2.24) is 9.97 Å². The molecule has 0 radical (unpaired) electrons. The predicted octanol–water partition coefficient (Wildman–Crippen LogP) is 4.15. The van der Waals surface area contributed by atoms with Gasteiger partial charge in [-0.2, -0.15) is 4.98 Å². The number of benzene rings is 2. The number of ether oxygens (including phenoxy) is 1. The van der Waals surface area contributed by atoms with Gasteiger partial charge in [0.05, 0.1) is 12.2 Å². The van der Waals surface area contributed by atoms with Gasteiger partial charge in [-0.05, 0) is 37.6 Å². The second kappa shape index (κ2) is 9.00. The van der Waals surface area contributed by atoms with E-state index in [9.17, 15) is 5.11 Å². The maximum Gasteiger partial charge on any atom is 0.229 e. The quantitative estimate of drug-likeness (QED) is 0.557. The molecule has 0 aliphatic carbocycles. The summed E-state index contributed by atoms with van der Waals surface area (Å²) >= 11 is 0. The van der Waals surface area contributed by atoms with Crippen molar-refractivity contribution in [3.05, 3.63) is 72.4 Å². The molecular weight excluding hydrogens is 340 g/mol. The fourth-order valence-corrected chi connectivity index (χ4v) is 2.56. The molecule has 2 aromatic carbocycles. The first-order chi connectivity index (χ1) is 13.1. The van der Waals surface area contributed by atoms with Crippen LogP contribution < -0.4 is 15.4 Å². The molecule has 6 heteroatoms. The minimum Gasteiger partial charge on any atom is -0.491 e. The molecule has 0 aliphatic rings. The van der Waals surface area contributed by atoms with Crippen LogP contribution in [-0.4, -0.2) is 27.7 Å². The maximum absolute atomic E-state index is 10.3. The maximum atomic E-state index is 10.3. The van der Waals surface area contributed by atoms with E-state index in [2.05, 4.69) is 20.6 Å². The highest BCUT2D eigenvalue weighted by atomic mass is 16.5. The first-order valence-corrected chi connectivity index (χ1v) is 8.94. The largest absolute Gasteiger partial charge is 0.491 e. The summed E-state index contributed by atoms with van der Waals surface area (Å²) in [5.41, 5.74) is 1.70. The lowest BCUT2D eigenvalue weighted by molar-refractivity contribution is 0.191. The van der Waals surface area contributed by atoms with Gasteiger partial charge in [-0.1, -0.05) is 36.4 Å². The highest BCUT2D eigenvalue weighted by Crippen LogP contribution is 2.21. The van der Waals surface area contributed by atoms with E-state index in [-0.39, 0.29) is 6.10 Å². The molecule has 0 bridgehead atoms. The Morgan fingerprint density at radius 3 is 2.63 bits per heavy atom. The van der Waals surface area contributed by atoms with Crippen molar-refractivity contribution in [2.75, 3.05) is 17.2 Å². The van der Waals surface area contributed by atoms with Crippen LogP contribution in [0.5, 0.6) is 5.75 Å². The van der Waals surface area contributed by atoms with Gasteiger partial charge < -0.3 is 20.5 Å². The molecule has 6 nitrogen and oxygen atoms in total. The zero-order valence-corrected chi connectivity index (χ0v) is 15.5. The monoisotopic (exact) mass is 364 g/mol. The molecule has 0 spiro atoms. The fourth-order valence-electron chi connectivity index (χ4n) is 2.56. The molecule has 1 heterocycles. The van der Waals surface area contributed by atoms with Crippen molar-refractivity contribution in [1.29, 1.82) is 0 Å². The number of nitrogens with one attached hydrogen (secondary N) is 2. The summed E-state index contributed by atoms with van der Waals surface area (Å²) < 4.78 is 5.70. The van der Waals surface area contributed by atoms with Crippen molar-refractivity contribution < 1.29 is 9.84 Å². The summed E-state index contributed by atoms with van der Waals surface area (Å²) in [6.07, 6.45) is 1.17. The van der Waals surface area contributed by atoms with Crippen LogP contribution in [-0.2, 0) is 0 Å². The lowest BCUT2D eigenvalue weighted by Crippen LogP contribution is -2.13. The molecule has 3 rings (SSSR count). The highest BCUT2D eigenvalue weighted by molar-refractivity contribution is 5.57. The van der Waals surface area contributed by atoms with Gasteiger partial charge in [0.15, 0.2) is 0 Å². The van der Waals surface area contributed by atoms with E-state index in [1.807, 2.05) is 68.4 Å². The molecule has 1 aromatic heterocycles. The zero-order chi connectivity index (χ0) is 19.1. The number of anilines is 3. The molecule has 1 atom stereocenters. The zero-order valence-electron chi connectivity index (χ0n) is 15.5. The van der Waals surface area contributed by atoms with Gasteiger partial charge in [0.25, 0.3) is 0 Å². The second-order valence-corrected chi connectivity index (χ2v) is 6.39. The standard InChI is InChI=1S/C21H24N4O2/c1-15(2)27-18-10-6-9-17(13-18)24-21-22-12-11-20(25-21)23-14-19(26)16-7-4-3-5-8-16/h3-13,15,19,26H,14H2,1-2H3,(H2,22,23,24,25). The van der Waals surface area contributed by atoms with Gasteiger partial charge in [-0.15, -0.1) is 0 Å². The molecule has 0 saturated heterocycles. The topological polar surface area (TPSA) is 79.3 Å². The van der Waals surface area contributed by atoms with E-state index >= 15 is 0 Å². The summed E-state index contributed by atoms with van der Waals surface area (Å²) in [5, 5.41) is 16.6. The Morgan fingerprint density at radius 1 is 1.04 bits per heavy atom. The van der Waals surface area contributed by atoms with Crippen LogP contribution in [0.25, 0.3) is 0 Å². The van der Waals surface area contributed by atoms with Crippen LogP contribution in [0.4, 0.5) is 17.5 Å². The summed E-state index contributed by atoms with van der Waals surface area (Å²) in [7, 11) is 0. The van der Waals surface area contributed by atoms with E-state index < -0.39 is 6.10 Å². The van der Waals surface area contributed by atoms with Crippen LogP contribution in [0, 0.1) is 0 Å². The summed E-state index contributed by atoms with van der Waals surface area (Å²) in [6, 6.07) is 18.9. The first kappa shape index (κ1) is 18.7. The van der Waals surface area contributed by atoms with Crippen LogP contribution in [0.15, 0.2) is 66.9 Å². The van der Waals surface area contributed by atoms with E-state index in [0.29, 0.717) is 18.3 Å². The number of aromatic nitrogens is 2. The number of nitrogens with zero attached hydrogens (tertiary/aromatic N) is 2. The summed E-state index contributed by atoms with van der Waals surface area (Å²) in [5.74, 6) is 1.89. The Balaban J connectivity index is 1.62. The Morgan fingerprint density at radius 2 is 1.85 bits per heavy atom. The van der Waals surface area contributed by atoms with Crippen LogP contribution in [0.3, 0.4) is 0 Å². The van der Waals surface area contributed by atoms with E-state index in [1.54, 1.807) is 12.3 Å². The van der Waals surface area contributed by atoms with Gasteiger partial charge in [0.1, 0.15) is 11.6 Å². The Labute approximate surface area is 159 Å². The lowest BCUT2D eigenvalue weighted by Gasteiger charge is -2.14. The van der Waals surface area contributed by atoms with E-state index in [1.165, 1.54) is 0 Å². The molecule has 1 unspecified atom stereocenters. The van der Waals surface area contributed by atoms with E-state index in [0.717, 1.165) is 17.0 Å². The minimum atomic E-state index is -0.609. The van der Waals surface area contributed by atoms with Gasteiger partial charge in [0, 0.05) is 24.5 Å². The van der Waals surface area contributed by atoms with Crippen LogP contribution >= 0.6 is 0 Å². The SMILES string of the molecule is CC(C)Oc1cccc(Nc2nccc(NCC(O)c3ccccc3)n2)c1. The van der Waals surface area contributed by atoms with E-state index in [4.69, 9.17) is 4.74 Å². The molecule has 0 amide bonds. The third-order valence-electron chi connectivity index (χ3n) is 3.78. The Bertz CT molecular complexity index is 856. The number of rotatable bonds is 8. The molecule has 3 aromatic rings. The van der Waals surface area contributed by atoms with Gasteiger partial charge in [0.2, 0.25) is 5.95 Å². The summed E-state index contributed by atoms with van der Waals surface area (Å²) in [6.45, 7) is 4.34. The smallest absolute Gasteiger partial charge is 0.229 e. The van der Waals surface area contributed by atoms with Crippen molar-refractivity contribution in [2.24, 2.45) is 0 Å². The van der Waals surface area contributed by atoms with Crippen molar-refractivity contribution in [3.63, 3.8) is 0 Å². The average Bonchev–Trinajstić information content (AvgIpc) is 2.67. The highest BCUT2D eigenvalue weighted by Gasteiger charge is 2.08. The number of hydrogen-bond acceptors (Lipinski definition) is 6. The molecule has 0 fully saturated rings. The number of aliphatic hydroxyl groups excluding tert-OH is 1. The normalized spacial score (nSPS) is 11.9. The van der Waals surface area contributed by atoms with Gasteiger partial charge in [-0.3, -0.25) is 0 Å². The Hall–Kier alpha value is -3.12. The van der Waals surface area contributed by atoms with Crippen molar-refractivity contribution >= 4 is 17.5 Å².